The fraction of sp³-hybridized carbons (Fsp3) is 0.278. The van der Waals surface area contributed by atoms with Gasteiger partial charge in [0.25, 0.3) is 0 Å². The van der Waals surface area contributed by atoms with Crippen LogP contribution in [0.15, 0.2) is 53.6 Å². The van der Waals surface area contributed by atoms with Gasteiger partial charge in [-0.2, -0.15) is 5.10 Å². The number of hydrogen-bond acceptors (Lipinski definition) is 4. The maximum absolute atomic E-state index is 8.63. The zero-order valence-electron chi connectivity index (χ0n) is 13.0. The van der Waals surface area contributed by atoms with Gasteiger partial charge in [0.2, 0.25) is 0 Å². The Morgan fingerprint density at radius 2 is 1.64 bits per heavy atom. The molecule has 0 amide bonds. The molecule has 22 heavy (non-hydrogen) atoms. The molecule has 0 bridgehead atoms. The molecule has 0 unspecified atom stereocenters. The topological polar surface area (TPSA) is 53.8 Å². The molecule has 0 heterocycles. The second kappa shape index (κ2) is 8.20. The summed E-state index contributed by atoms with van der Waals surface area (Å²) in [5.74, 6) is 2.14. The first kappa shape index (κ1) is 16.0. The van der Waals surface area contributed by atoms with Gasteiger partial charge in [0, 0.05) is 0 Å². The quantitative estimate of drug-likeness (QED) is 0.467. The molecule has 0 saturated carbocycles. The van der Waals surface area contributed by atoms with Crippen LogP contribution in [0.3, 0.4) is 0 Å². The zero-order chi connectivity index (χ0) is 15.8. The molecular formula is C18H22N2O2. The summed E-state index contributed by atoms with van der Waals surface area (Å²) in [5.41, 5.74) is 5.01. The van der Waals surface area contributed by atoms with Gasteiger partial charge in [-0.15, -0.1) is 0 Å². The van der Waals surface area contributed by atoms with Gasteiger partial charge in [-0.1, -0.05) is 26.0 Å². The van der Waals surface area contributed by atoms with E-state index in [0.717, 1.165) is 17.1 Å². The van der Waals surface area contributed by atoms with E-state index in [1.807, 2.05) is 36.4 Å². The van der Waals surface area contributed by atoms with E-state index in [1.54, 1.807) is 6.21 Å². The SMILES string of the molecule is CC(C)c1ccc(Oc2ccc(C=NNCCO)cc2)cc1. The van der Waals surface area contributed by atoms with Crippen LogP contribution in [0.4, 0.5) is 0 Å². The van der Waals surface area contributed by atoms with Crippen molar-refractivity contribution in [2.75, 3.05) is 13.2 Å². The number of ether oxygens (including phenoxy) is 1. The molecule has 0 aliphatic carbocycles. The van der Waals surface area contributed by atoms with Crippen molar-refractivity contribution in [2.45, 2.75) is 19.8 Å². The van der Waals surface area contributed by atoms with Crippen LogP contribution in [0.2, 0.25) is 0 Å². The Kier molecular flexibility index (Phi) is 5.98. The highest BCUT2D eigenvalue weighted by Crippen LogP contribution is 2.24. The van der Waals surface area contributed by atoms with Crippen LogP contribution in [0.25, 0.3) is 0 Å². The number of benzene rings is 2. The Morgan fingerprint density at radius 3 is 2.18 bits per heavy atom. The Balaban J connectivity index is 1.94. The van der Waals surface area contributed by atoms with E-state index >= 15 is 0 Å². The first-order chi connectivity index (χ1) is 10.7. The van der Waals surface area contributed by atoms with Gasteiger partial charge < -0.3 is 15.3 Å². The Hall–Kier alpha value is -2.33. The van der Waals surface area contributed by atoms with Crippen molar-refractivity contribution in [2.24, 2.45) is 5.10 Å². The highest BCUT2D eigenvalue weighted by Gasteiger charge is 2.01. The maximum atomic E-state index is 8.63. The third kappa shape index (κ3) is 4.90. The van der Waals surface area contributed by atoms with E-state index in [4.69, 9.17) is 9.84 Å². The molecule has 4 heteroatoms. The summed E-state index contributed by atoms with van der Waals surface area (Å²) < 4.78 is 5.82. The van der Waals surface area contributed by atoms with Gasteiger partial charge in [-0.25, -0.2) is 0 Å². The van der Waals surface area contributed by atoms with E-state index in [2.05, 4.69) is 36.5 Å². The van der Waals surface area contributed by atoms with E-state index in [9.17, 15) is 0 Å². The van der Waals surface area contributed by atoms with E-state index in [0.29, 0.717) is 12.5 Å². The van der Waals surface area contributed by atoms with Gasteiger partial charge in [0.15, 0.2) is 0 Å². The second-order valence-electron chi connectivity index (χ2n) is 5.28. The van der Waals surface area contributed by atoms with Crippen LogP contribution in [-0.4, -0.2) is 24.5 Å². The second-order valence-corrected chi connectivity index (χ2v) is 5.28. The van der Waals surface area contributed by atoms with Gasteiger partial charge in [0.05, 0.1) is 19.4 Å². The predicted octanol–water partition coefficient (Wildman–Crippen LogP) is 3.52. The van der Waals surface area contributed by atoms with Gasteiger partial charge in [-0.3, -0.25) is 0 Å². The highest BCUT2D eigenvalue weighted by atomic mass is 16.5. The van der Waals surface area contributed by atoms with Gasteiger partial charge >= 0.3 is 0 Å². The van der Waals surface area contributed by atoms with Crippen LogP contribution in [-0.2, 0) is 0 Å². The molecule has 4 nitrogen and oxygen atoms in total. The third-order valence-corrected chi connectivity index (χ3v) is 3.19. The van der Waals surface area contributed by atoms with Crippen molar-refractivity contribution in [1.29, 1.82) is 0 Å². The van der Waals surface area contributed by atoms with Crippen molar-refractivity contribution in [3.63, 3.8) is 0 Å². The molecule has 0 spiro atoms. The smallest absolute Gasteiger partial charge is 0.127 e. The summed E-state index contributed by atoms with van der Waals surface area (Å²) >= 11 is 0. The molecule has 0 saturated heterocycles. The third-order valence-electron chi connectivity index (χ3n) is 3.19. The summed E-state index contributed by atoms with van der Waals surface area (Å²) in [4.78, 5) is 0. The Bertz CT molecular complexity index is 589. The van der Waals surface area contributed by atoms with Crippen LogP contribution in [0, 0.1) is 0 Å². The minimum Gasteiger partial charge on any atom is -0.457 e. The molecule has 0 atom stereocenters. The van der Waals surface area contributed by atoms with Gasteiger partial charge in [0.1, 0.15) is 11.5 Å². The highest BCUT2D eigenvalue weighted by molar-refractivity contribution is 5.79. The number of hydrogen-bond donors (Lipinski definition) is 2. The summed E-state index contributed by atoms with van der Waals surface area (Å²) in [7, 11) is 0. The molecule has 0 aromatic heterocycles. The maximum Gasteiger partial charge on any atom is 0.127 e. The van der Waals surface area contributed by atoms with E-state index in [1.165, 1.54) is 5.56 Å². The van der Waals surface area contributed by atoms with Crippen LogP contribution >= 0.6 is 0 Å². The van der Waals surface area contributed by atoms with Crippen molar-refractivity contribution < 1.29 is 9.84 Å². The summed E-state index contributed by atoms with van der Waals surface area (Å²) in [5, 5.41) is 12.6. The fourth-order valence-corrected chi connectivity index (χ4v) is 1.91. The first-order valence-corrected chi connectivity index (χ1v) is 7.43. The molecule has 0 aliphatic rings. The lowest BCUT2D eigenvalue weighted by Crippen LogP contribution is -2.11. The fourth-order valence-electron chi connectivity index (χ4n) is 1.91. The molecule has 2 rings (SSSR count). The molecular weight excluding hydrogens is 276 g/mol. The van der Waals surface area contributed by atoms with Crippen LogP contribution < -0.4 is 10.2 Å². The summed E-state index contributed by atoms with van der Waals surface area (Å²) in [6, 6.07) is 15.8. The largest absolute Gasteiger partial charge is 0.457 e. The molecule has 0 radical (unpaired) electrons. The zero-order valence-corrected chi connectivity index (χ0v) is 13.0. The van der Waals surface area contributed by atoms with Gasteiger partial charge in [-0.05, 0) is 53.4 Å². The summed E-state index contributed by atoms with van der Waals surface area (Å²) in [6.07, 6.45) is 1.71. The molecule has 2 aromatic rings. The van der Waals surface area contributed by atoms with E-state index in [-0.39, 0.29) is 6.61 Å². The van der Waals surface area contributed by atoms with Crippen molar-refractivity contribution in [3.05, 3.63) is 59.7 Å². The summed E-state index contributed by atoms with van der Waals surface area (Å²) in [6.45, 7) is 4.86. The minimum absolute atomic E-state index is 0.0692. The first-order valence-electron chi connectivity index (χ1n) is 7.43. The van der Waals surface area contributed by atoms with Crippen molar-refractivity contribution in [3.8, 4) is 11.5 Å². The Morgan fingerprint density at radius 1 is 1.05 bits per heavy atom. The predicted molar refractivity (Wildman–Crippen MR) is 89.7 cm³/mol. The molecule has 0 fully saturated rings. The lowest BCUT2D eigenvalue weighted by molar-refractivity contribution is 0.294. The molecule has 0 aliphatic heterocycles. The van der Waals surface area contributed by atoms with Crippen LogP contribution in [0.1, 0.15) is 30.9 Å². The standard InChI is InChI=1S/C18H22N2O2/c1-14(2)16-5-9-18(10-6-16)22-17-7-3-15(4-8-17)13-20-19-11-12-21/h3-10,13-14,19,21H,11-12H2,1-2H3. The molecule has 2 N–H and O–H groups in total. The number of aliphatic hydroxyl groups is 1. The lowest BCUT2D eigenvalue weighted by Gasteiger charge is -2.08. The van der Waals surface area contributed by atoms with Crippen molar-refractivity contribution >= 4 is 6.21 Å². The lowest BCUT2D eigenvalue weighted by atomic mass is 10.0. The number of nitrogens with one attached hydrogen (secondary N) is 1. The molecule has 116 valence electrons. The average Bonchev–Trinajstić information content (AvgIpc) is 2.54. The van der Waals surface area contributed by atoms with E-state index < -0.39 is 0 Å². The number of aliphatic hydroxyl groups excluding tert-OH is 1. The van der Waals surface area contributed by atoms with Crippen LogP contribution in [0.5, 0.6) is 11.5 Å². The number of hydrazone groups is 1. The Labute approximate surface area is 131 Å². The minimum atomic E-state index is 0.0692. The molecule has 2 aromatic carbocycles. The average molecular weight is 298 g/mol. The normalized spacial score (nSPS) is 11.1. The van der Waals surface area contributed by atoms with Crippen molar-refractivity contribution in [1.82, 2.24) is 5.43 Å². The number of nitrogens with zero attached hydrogens (tertiary/aromatic N) is 1. The number of rotatable bonds is 7. The monoisotopic (exact) mass is 298 g/mol.